The number of rotatable bonds is 6. The predicted molar refractivity (Wildman–Crippen MR) is 99.1 cm³/mol. The number of piperazine rings is 1. The van der Waals surface area contributed by atoms with Crippen LogP contribution in [0.25, 0.3) is 0 Å². The fourth-order valence-electron chi connectivity index (χ4n) is 2.92. The molecule has 144 valence electrons. The average molecular weight is 364 g/mol. The Morgan fingerprint density at radius 3 is 2.08 bits per heavy atom. The van der Waals surface area contributed by atoms with Crippen molar-refractivity contribution < 1.29 is 14.0 Å². The highest BCUT2D eigenvalue weighted by atomic mass is 19.1. The van der Waals surface area contributed by atoms with Crippen LogP contribution in [0.2, 0.25) is 0 Å². The Morgan fingerprint density at radius 1 is 1.00 bits per heavy atom. The highest BCUT2D eigenvalue weighted by Crippen LogP contribution is 2.22. The van der Waals surface area contributed by atoms with Gasteiger partial charge in [-0.05, 0) is 30.7 Å². The van der Waals surface area contributed by atoms with Gasteiger partial charge in [0.15, 0.2) is 0 Å². The van der Waals surface area contributed by atoms with Crippen LogP contribution < -0.4 is 10.6 Å². The molecule has 2 rings (SSSR count). The number of amides is 2. The maximum absolute atomic E-state index is 13.3. The fourth-order valence-corrected chi connectivity index (χ4v) is 2.92. The lowest BCUT2D eigenvalue weighted by atomic mass is 10.0. The molecule has 26 heavy (non-hydrogen) atoms. The van der Waals surface area contributed by atoms with E-state index in [9.17, 15) is 14.0 Å². The van der Waals surface area contributed by atoms with E-state index in [1.807, 2.05) is 13.8 Å². The van der Waals surface area contributed by atoms with Crippen LogP contribution in [0.3, 0.4) is 0 Å². The van der Waals surface area contributed by atoms with Gasteiger partial charge in [-0.3, -0.25) is 14.5 Å². The van der Waals surface area contributed by atoms with Crippen molar-refractivity contribution in [2.45, 2.75) is 19.9 Å². The van der Waals surface area contributed by atoms with Crippen LogP contribution in [0.1, 0.15) is 25.5 Å². The van der Waals surface area contributed by atoms with Gasteiger partial charge in [0.25, 0.3) is 0 Å². The van der Waals surface area contributed by atoms with Crippen LogP contribution in [0.5, 0.6) is 0 Å². The summed E-state index contributed by atoms with van der Waals surface area (Å²) in [5, 5.41) is 5.35. The molecule has 1 heterocycles. The fraction of sp³-hybridized carbons (Fsp3) is 0.579. The molecule has 1 aromatic rings. The SMILES string of the molecule is CC(C)CNC(=O)C(=O)NC[C@H](c1ccc(F)cc1)N1CCN(C)CC1. The zero-order valence-electron chi connectivity index (χ0n) is 15.8. The van der Waals surface area contributed by atoms with E-state index in [1.54, 1.807) is 12.1 Å². The first-order chi connectivity index (χ1) is 12.4. The third kappa shape index (κ3) is 6.07. The quantitative estimate of drug-likeness (QED) is 0.740. The first-order valence-corrected chi connectivity index (χ1v) is 9.11. The van der Waals surface area contributed by atoms with Gasteiger partial charge in [0.2, 0.25) is 0 Å². The second-order valence-corrected chi connectivity index (χ2v) is 7.22. The van der Waals surface area contributed by atoms with E-state index in [0.29, 0.717) is 13.1 Å². The van der Waals surface area contributed by atoms with Crippen LogP contribution in [0, 0.1) is 11.7 Å². The van der Waals surface area contributed by atoms with Crippen LogP contribution >= 0.6 is 0 Å². The van der Waals surface area contributed by atoms with Gasteiger partial charge in [-0.2, -0.15) is 0 Å². The molecule has 6 nitrogen and oxygen atoms in total. The molecule has 2 N–H and O–H groups in total. The van der Waals surface area contributed by atoms with E-state index < -0.39 is 11.8 Å². The second-order valence-electron chi connectivity index (χ2n) is 7.22. The monoisotopic (exact) mass is 364 g/mol. The number of likely N-dealkylation sites (N-methyl/N-ethyl adjacent to an activating group) is 1. The lowest BCUT2D eigenvalue weighted by molar-refractivity contribution is -0.139. The minimum absolute atomic E-state index is 0.0915. The number of nitrogens with one attached hydrogen (secondary N) is 2. The molecule has 1 aliphatic rings. The minimum atomic E-state index is -0.633. The predicted octanol–water partition coefficient (Wildman–Crippen LogP) is 1.00. The van der Waals surface area contributed by atoms with Crippen LogP contribution in [-0.4, -0.2) is 67.9 Å². The number of carbonyl (C=O) groups excluding carboxylic acids is 2. The molecule has 0 unspecified atom stereocenters. The van der Waals surface area contributed by atoms with Gasteiger partial charge in [0.05, 0.1) is 6.04 Å². The third-order valence-electron chi connectivity index (χ3n) is 4.57. The zero-order chi connectivity index (χ0) is 19.1. The Bertz CT molecular complexity index is 598. The Hall–Kier alpha value is -1.99. The maximum Gasteiger partial charge on any atom is 0.309 e. The Kier molecular flexibility index (Phi) is 7.53. The number of carbonyl (C=O) groups is 2. The Labute approximate surface area is 154 Å². The van der Waals surface area contributed by atoms with Crippen molar-refractivity contribution in [1.82, 2.24) is 20.4 Å². The summed E-state index contributed by atoms with van der Waals surface area (Å²) in [6.45, 7) is 8.28. The second kappa shape index (κ2) is 9.64. The Morgan fingerprint density at radius 2 is 1.54 bits per heavy atom. The van der Waals surface area contributed by atoms with Crippen LogP contribution in [0.15, 0.2) is 24.3 Å². The summed E-state index contributed by atoms with van der Waals surface area (Å²) in [7, 11) is 2.07. The number of halogens is 1. The van der Waals surface area contributed by atoms with Gasteiger partial charge in [0.1, 0.15) is 5.82 Å². The summed E-state index contributed by atoms with van der Waals surface area (Å²) in [5.41, 5.74) is 0.929. The van der Waals surface area contributed by atoms with E-state index >= 15 is 0 Å². The first-order valence-electron chi connectivity index (χ1n) is 9.11. The largest absolute Gasteiger partial charge is 0.348 e. The summed E-state index contributed by atoms with van der Waals surface area (Å²) in [6.07, 6.45) is 0. The van der Waals surface area contributed by atoms with E-state index in [2.05, 4.69) is 27.5 Å². The smallest absolute Gasteiger partial charge is 0.309 e. The number of nitrogens with zero attached hydrogens (tertiary/aromatic N) is 2. The third-order valence-corrected chi connectivity index (χ3v) is 4.57. The normalized spacial score (nSPS) is 17.1. The van der Waals surface area contributed by atoms with Gasteiger partial charge in [0, 0.05) is 39.3 Å². The number of hydrogen-bond donors (Lipinski definition) is 2. The van der Waals surface area contributed by atoms with E-state index in [1.165, 1.54) is 12.1 Å². The molecule has 1 fully saturated rings. The van der Waals surface area contributed by atoms with Gasteiger partial charge in [-0.25, -0.2) is 4.39 Å². The summed E-state index contributed by atoms with van der Waals surface area (Å²) >= 11 is 0. The molecule has 1 aromatic carbocycles. The number of benzene rings is 1. The van der Waals surface area contributed by atoms with E-state index in [0.717, 1.165) is 31.7 Å². The van der Waals surface area contributed by atoms with E-state index in [4.69, 9.17) is 0 Å². The molecule has 0 bridgehead atoms. The molecular weight excluding hydrogens is 335 g/mol. The van der Waals surface area contributed by atoms with Gasteiger partial charge < -0.3 is 15.5 Å². The molecule has 0 spiro atoms. The Balaban J connectivity index is 2.01. The molecule has 1 saturated heterocycles. The van der Waals surface area contributed by atoms with Crippen molar-refractivity contribution in [3.05, 3.63) is 35.6 Å². The highest BCUT2D eigenvalue weighted by molar-refractivity contribution is 6.35. The molecule has 2 amide bonds. The molecular formula is C19H29FN4O2. The summed E-state index contributed by atoms with van der Waals surface area (Å²) in [6, 6.07) is 6.24. The molecule has 0 aromatic heterocycles. The summed E-state index contributed by atoms with van der Waals surface area (Å²) < 4.78 is 13.3. The van der Waals surface area contributed by atoms with Crippen LogP contribution in [-0.2, 0) is 9.59 Å². The van der Waals surface area contributed by atoms with E-state index in [-0.39, 0.29) is 17.8 Å². The lowest BCUT2D eigenvalue weighted by Crippen LogP contribution is -2.50. The van der Waals surface area contributed by atoms with Crippen molar-refractivity contribution in [1.29, 1.82) is 0 Å². The van der Waals surface area contributed by atoms with Crippen molar-refractivity contribution in [3.63, 3.8) is 0 Å². The lowest BCUT2D eigenvalue weighted by Gasteiger charge is -2.38. The van der Waals surface area contributed by atoms with Crippen LogP contribution in [0.4, 0.5) is 4.39 Å². The van der Waals surface area contributed by atoms with Gasteiger partial charge in [-0.15, -0.1) is 0 Å². The van der Waals surface area contributed by atoms with Crippen molar-refractivity contribution >= 4 is 11.8 Å². The summed E-state index contributed by atoms with van der Waals surface area (Å²) in [5.74, 6) is -1.26. The molecule has 0 aliphatic carbocycles. The zero-order valence-corrected chi connectivity index (χ0v) is 15.8. The first kappa shape index (κ1) is 20.3. The standard InChI is InChI=1S/C19H29FN4O2/c1-14(2)12-21-18(25)19(26)22-13-17(15-4-6-16(20)7-5-15)24-10-8-23(3)9-11-24/h4-7,14,17H,8-13H2,1-3H3,(H,21,25)(H,22,26)/t17-/m1/s1. The molecule has 0 radical (unpaired) electrons. The van der Waals surface area contributed by atoms with Crippen molar-refractivity contribution in [3.8, 4) is 0 Å². The van der Waals surface area contributed by atoms with Crippen molar-refractivity contribution in [2.75, 3.05) is 46.3 Å². The maximum atomic E-state index is 13.3. The van der Waals surface area contributed by atoms with Crippen molar-refractivity contribution in [2.24, 2.45) is 5.92 Å². The number of hydrogen-bond acceptors (Lipinski definition) is 4. The highest BCUT2D eigenvalue weighted by Gasteiger charge is 2.25. The molecule has 0 saturated carbocycles. The van der Waals surface area contributed by atoms with Gasteiger partial charge in [-0.1, -0.05) is 26.0 Å². The molecule has 1 atom stereocenters. The van der Waals surface area contributed by atoms with Gasteiger partial charge >= 0.3 is 11.8 Å². The molecule has 7 heteroatoms. The average Bonchev–Trinajstić information content (AvgIpc) is 2.62. The molecule has 1 aliphatic heterocycles. The summed E-state index contributed by atoms with van der Waals surface area (Å²) in [4.78, 5) is 28.4. The topological polar surface area (TPSA) is 64.7 Å². The minimum Gasteiger partial charge on any atom is -0.348 e.